The van der Waals surface area contributed by atoms with Gasteiger partial charge in [-0.3, -0.25) is 4.79 Å². The molecule has 2 N–H and O–H groups in total. The summed E-state index contributed by atoms with van der Waals surface area (Å²) in [7, 11) is 0. The van der Waals surface area contributed by atoms with Gasteiger partial charge in [0.1, 0.15) is 17.4 Å². The van der Waals surface area contributed by atoms with Crippen LogP contribution >= 0.6 is 0 Å². The Labute approximate surface area is 187 Å². The van der Waals surface area contributed by atoms with Crippen molar-refractivity contribution in [2.75, 3.05) is 26.4 Å². The fourth-order valence-electron chi connectivity index (χ4n) is 4.38. The first-order valence-electron chi connectivity index (χ1n) is 10.9. The van der Waals surface area contributed by atoms with E-state index in [0.29, 0.717) is 29.4 Å². The number of nitrogens with zero attached hydrogens (tertiary/aromatic N) is 3. The molecule has 0 spiro atoms. The van der Waals surface area contributed by atoms with Gasteiger partial charge in [0.2, 0.25) is 12.7 Å². The monoisotopic (exact) mass is 436 g/mol. The Bertz CT molecular complexity index is 1160. The molecule has 1 unspecified atom stereocenters. The first kappa shape index (κ1) is 21.8. The Morgan fingerprint density at radius 1 is 1.19 bits per heavy atom. The minimum atomic E-state index is -0.639. The zero-order valence-corrected chi connectivity index (χ0v) is 18.7. The molecule has 1 aromatic carbocycles. The number of nitriles is 1. The summed E-state index contributed by atoms with van der Waals surface area (Å²) in [5, 5.41) is 9.85. The van der Waals surface area contributed by atoms with Crippen LogP contribution in [0, 0.1) is 18.3 Å². The van der Waals surface area contributed by atoms with Gasteiger partial charge >= 0.3 is 0 Å². The molecule has 0 saturated heterocycles. The third kappa shape index (κ3) is 3.80. The van der Waals surface area contributed by atoms with E-state index in [9.17, 15) is 10.1 Å². The Morgan fingerprint density at radius 2 is 1.94 bits per heavy atom. The van der Waals surface area contributed by atoms with Crippen LogP contribution in [0.15, 0.2) is 40.5 Å². The van der Waals surface area contributed by atoms with Gasteiger partial charge < -0.3 is 29.4 Å². The van der Waals surface area contributed by atoms with Gasteiger partial charge in [0.15, 0.2) is 11.5 Å². The van der Waals surface area contributed by atoms with Crippen LogP contribution in [-0.4, -0.2) is 35.9 Å². The molecular weight excluding hydrogens is 408 g/mol. The van der Waals surface area contributed by atoms with Crippen molar-refractivity contribution in [2.24, 2.45) is 5.73 Å². The quantitative estimate of drug-likeness (QED) is 0.712. The molecule has 2 aliphatic heterocycles. The van der Waals surface area contributed by atoms with Crippen molar-refractivity contribution < 1.29 is 14.2 Å². The SMILES string of the molecule is CCN(CC)CCCn1c(C)cc2c(c1=O)C(c1ccc3c(c1)OCO3)C(C#N)=C(N)O2. The first-order chi connectivity index (χ1) is 15.5. The maximum Gasteiger partial charge on any atom is 0.258 e. The third-order valence-electron chi connectivity index (χ3n) is 6.17. The van der Waals surface area contributed by atoms with Crippen LogP contribution in [0.5, 0.6) is 17.2 Å². The van der Waals surface area contributed by atoms with Crippen LogP contribution in [0.1, 0.15) is 43.0 Å². The average molecular weight is 437 g/mol. The molecule has 0 bridgehead atoms. The lowest BCUT2D eigenvalue weighted by Gasteiger charge is -2.27. The Hall–Kier alpha value is -3.44. The Morgan fingerprint density at radius 3 is 2.66 bits per heavy atom. The summed E-state index contributed by atoms with van der Waals surface area (Å²) < 4.78 is 18.4. The largest absolute Gasteiger partial charge is 0.454 e. The van der Waals surface area contributed by atoms with Gasteiger partial charge in [-0.1, -0.05) is 19.9 Å². The zero-order valence-electron chi connectivity index (χ0n) is 18.7. The number of fused-ring (bicyclic) bond motifs is 2. The second-order valence-electron chi connectivity index (χ2n) is 7.94. The van der Waals surface area contributed by atoms with Gasteiger partial charge in [-0.25, -0.2) is 0 Å². The van der Waals surface area contributed by atoms with Crippen molar-refractivity contribution in [3.8, 4) is 23.3 Å². The fourth-order valence-corrected chi connectivity index (χ4v) is 4.38. The van der Waals surface area contributed by atoms with E-state index in [1.54, 1.807) is 16.7 Å². The van der Waals surface area contributed by atoms with E-state index < -0.39 is 5.92 Å². The number of allylic oxidation sites excluding steroid dienone is 1. The number of aryl methyl sites for hydroxylation is 1. The molecule has 1 atom stereocenters. The van der Waals surface area contributed by atoms with E-state index in [4.69, 9.17) is 19.9 Å². The van der Waals surface area contributed by atoms with E-state index >= 15 is 0 Å². The molecule has 0 aliphatic carbocycles. The maximum atomic E-state index is 13.7. The number of ether oxygens (including phenoxy) is 3. The number of rotatable bonds is 7. The van der Waals surface area contributed by atoms with Crippen molar-refractivity contribution in [1.82, 2.24) is 9.47 Å². The van der Waals surface area contributed by atoms with Crippen LogP contribution in [0.2, 0.25) is 0 Å². The zero-order chi connectivity index (χ0) is 22.8. The number of nitrogens with two attached hydrogens (primary N) is 1. The lowest BCUT2D eigenvalue weighted by molar-refractivity contribution is 0.174. The van der Waals surface area contributed by atoms with Crippen molar-refractivity contribution >= 4 is 0 Å². The highest BCUT2D eigenvalue weighted by atomic mass is 16.7. The highest BCUT2D eigenvalue weighted by Crippen LogP contribution is 2.43. The fraction of sp³-hybridized carbons (Fsp3) is 0.417. The topological polar surface area (TPSA) is 103 Å². The summed E-state index contributed by atoms with van der Waals surface area (Å²) in [5.41, 5.74) is 8.09. The molecule has 1 aromatic heterocycles. The Kier molecular flexibility index (Phi) is 6.10. The molecule has 32 heavy (non-hydrogen) atoms. The minimum absolute atomic E-state index is 0.0146. The number of pyridine rings is 1. The van der Waals surface area contributed by atoms with Crippen molar-refractivity contribution in [3.63, 3.8) is 0 Å². The van der Waals surface area contributed by atoms with Gasteiger partial charge in [-0.2, -0.15) is 5.26 Å². The highest BCUT2D eigenvalue weighted by molar-refractivity contribution is 5.57. The summed E-state index contributed by atoms with van der Waals surface area (Å²) in [4.78, 5) is 16.0. The predicted molar refractivity (Wildman–Crippen MR) is 120 cm³/mol. The van der Waals surface area contributed by atoms with Gasteiger partial charge in [0, 0.05) is 18.3 Å². The average Bonchev–Trinajstić information content (AvgIpc) is 3.25. The number of hydrogen-bond donors (Lipinski definition) is 1. The second kappa shape index (κ2) is 8.97. The lowest BCUT2D eigenvalue weighted by atomic mass is 9.84. The van der Waals surface area contributed by atoms with Crippen LogP contribution < -0.4 is 25.5 Å². The standard InChI is InChI=1S/C24H28N4O4/c1-4-27(5-2)9-6-10-28-15(3)11-20-22(24(28)29)21(17(13-25)23(26)32-20)16-7-8-18-19(12-16)31-14-30-18/h7-8,11-12,21H,4-6,9-10,14,26H2,1-3H3. The summed E-state index contributed by atoms with van der Waals surface area (Å²) in [5.74, 6) is 0.986. The molecule has 2 aromatic rings. The summed E-state index contributed by atoms with van der Waals surface area (Å²) in [6, 6.07) is 9.40. The summed E-state index contributed by atoms with van der Waals surface area (Å²) >= 11 is 0. The number of benzene rings is 1. The molecule has 3 heterocycles. The summed E-state index contributed by atoms with van der Waals surface area (Å²) in [6.45, 7) is 9.75. The van der Waals surface area contributed by atoms with Crippen LogP contribution in [-0.2, 0) is 6.54 Å². The Balaban J connectivity index is 1.77. The maximum absolute atomic E-state index is 13.7. The molecule has 0 fully saturated rings. The van der Waals surface area contributed by atoms with Crippen LogP contribution in [0.25, 0.3) is 0 Å². The number of hydrogen-bond acceptors (Lipinski definition) is 7. The van der Waals surface area contributed by atoms with Crippen molar-refractivity contribution in [1.29, 1.82) is 5.26 Å². The molecule has 8 nitrogen and oxygen atoms in total. The normalized spacial score (nSPS) is 16.7. The van der Waals surface area contributed by atoms with E-state index in [0.717, 1.165) is 37.3 Å². The number of aromatic nitrogens is 1. The molecule has 8 heteroatoms. The molecule has 0 amide bonds. The van der Waals surface area contributed by atoms with E-state index in [1.807, 2.05) is 19.1 Å². The molecular formula is C24H28N4O4. The van der Waals surface area contributed by atoms with E-state index in [-0.39, 0.29) is 23.8 Å². The smallest absolute Gasteiger partial charge is 0.258 e. The molecule has 0 radical (unpaired) electrons. The second-order valence-corrected chi connectivity index (χ2v) is 7.94. The van der Waals surface area contributed by atoms with Crippen LogP contribution in [0.3, 0.4) is 0 Å². The van der Waals surface area contributed by atoms with E-state index in [1.165, 1.54) is 0 Å². The van der Waals surface area contributed by atoms with E-state index in [2.05, 4.69) is 24.8 Å². The molecule has 0 saturated carbocycles. The minimum Gasteiger partial charge on any atom is -0.454 e. The van der Waals surface area contributed by atoms with Gasteiger partial charge in [-0.15, -0.1) is 0 Å². The third-order valence-corrected chi connectivity index (χ3v) is 6.17. The van der Waals surface area contributed by atoms with Crippen molar-refractivity contribution in [3.05, 3.63) is 62.9 Å². The predicted octanol–water partition coefficient (Wildman–Crippen LogP) is 2.84. The summed E-state index contributed by atoms with van der Waals surface area (Å²) in [6.07, 6.45) is 0.847. The van der Waals surface area contributed by atoms with Crippen LogP contribution in [0.4, 0.5) is 0 Å². The molecule has 2 aliphatic rings. The highest BCUT2D eigenvalue weighted by Gasteiger charge is 2.35. The van der Waals surface area contributed by atoms with Gasteiger partial charge in [0.05, 0.1) is 11.5 Å². The van der Waals surface area contributed by atoms with Crippen molar-refractivity contribution in [2.45, 2.75) is 39.7 Å². The molecule has 168 valence electrons. The first-order valence-corrected chi connectivity index (χ1v) is 10.9. The van der Waals surface area contributed by atoms with Gasteiger partial charge in [-0.05, 0) is 50.7 Å². The lowest BCUT2D eigenvalue weighted by Crippen LogP contribution is -2.33. The molecule has 4 rings (SSSR count). The van der Waals surface area contributed by atoms with Gasteiger partial charge in [0.25, 0.3) is 5.56 Å².